The Labute approximate surface area is 144 Å². The van der Waals surface area contributed by atoms with E-state index < -0.39 is 0 Å². The van der Waals surface area contributed by atoms with Crippen LogP contribution in [0, 0.1) is 13.8 Å². The molecule has 0 spiro atoms. The van der Waals surface area contributed by atoms with Crippen LogP contribution in [0.2, 0.25) is 0 Å². The first-order valence-electron chi connectivity index (χ1n) is 8.26. The van der Waals surface area contributed by atoms with Crippen LogP contribution in [0.5, 0.6) is 0 Å². The van der Waals surface area contributed by atoms with Gasteiger partial charge in [0.15, 0.2) is 0 Å². The van der Waals surface area contributed by atoms with Crippen molar-refractivity contribution in [3.8, 4) is 0 Å². The summed E-state index contributed by atoms with van der Waals surface area (Å²) in [6.45, 7) is 5.34. The topological polar surface area (TPSA) is 26.0 Å². The maximum Gasteiger partial charge on any atom is -0.00773 e. The van der Waals surface area contributed by atoms with Gasteiger partial charge >= 0.3 is 0 Å². The van der Waals surface area contributed by atoms with Gasteiger partial charge in [-0.15, -0.1) is 17.0 Å². The van der Waals surface area contributed by atoms with E-state index in [1.54, 1.807) is 5.30 Å². The van der Waals surface area contributed by atoms with Crippen LogP contribution in [0.1, 0.15) is 62.5 Å². The van der Waals surface area contributed by atoms with Gasteiger partial charge < -0.3 is 5.73 Å². The maximum absolute atomic E-state index is 5.49. The van der Waals surface area contributed by atoms with E-state index in [1.807, 2.05) is 0 Å². The van der Waals surface area contributed by atoms with E-state index >= 15 is 0 Å². The van der Waals surface area contributed by atoms with Gasteiger partial charge in [-0.3, -0.25) is 0 Å². The lowest BCUT2D eigenvalue weighted by atomic mass is 10.1. The Bertz CT molecular complexity index is 368. The van der Waals surface area contributed by atoms with Crippen LogP contribution in [0.25, 0.3) is 0 Å². The third-order valence-electron chi connectivity index (χ3n) is 4.05. The Balaban J connectivity index is 0.00000400. The van der Waals surface area contributed by atoms with Gasteiger partial charge in [-0.2, -0.15) is 0 Å². The highest BCUT2D eigenvalue weighted by atomic mass is 79.9. The third-order valence-corrected chi connectivity index (χ3v) is 5.58. The second-order valence-corrected chi connectivity index (χ2v) is 7.18. The smallest absolute Gasteiger partial charge is 0.00773 e. The summed E-state index contributed by atoms with van der Waals surface area (Å²) < 4.78 is 0. The summed E-state index contributed by atoms with van der Waals surface area (Å²) in [4.78, 5) is 0. The highest BCUT2D eigenvalue weighted by Gasteiger charge is 2.00. The Hall–Kier alpha value is 0.0900. The largest absolute Gasteiger partial charge is 0.330 e. The monoisotopic (exact) mass is 373 g/mol. The number of hydrogen-bond acceptors (Lipinski definition) is 1. The molecule has 3 heteroatoms. The molecule has 0 heterocycles. The summed E-state index contributed by atoms with van der Waals surface area (Å²) in [6, 6.07) is 6.72. The first kappa shape index (κ1) is 21.1. The van der Waals surface area contributed by atoms with Crippen molar-refractivity contribution >= 4 is 30.9 Å². The molecule has 1 rings (SSSR count). The van der Waals surface area contributed by atoms with Crippen molar-refractivity contribution < 1.29 is 0 Å². The van der Waals surface area contributed by atoms with Crippen molar-refractivity contribution in [1.29, 1.82) is 0 Å². The summed E-state index contributed by atoms with van der Waals surface area (Å²) in [7, 11) is 0.998. The van der Waals surface area contributed by atoms with Gasteiger partial charge in [0.25, 0.3) is 0 Å². The lowest BCUT2D eigenvalue weighted by Gasteiger charge is -2.08. The second-order valence-electron chi connectivity index (χ2n) is 5.79. The van der Waals surface area contributed by atoms with Crippen LogP contribution >= 0.6 is 25.6 Å². The van der Waals surface area contributed by atoms with E-state index in [9.17, 15) is 0 Å². The zero-order chi connectivity index (χ0) is 14.6. The number of benzene rings is 1. The second kappa shape index (κ2) is 13.7. The van der Waals surface area contributed by atoms with Crippen LogP contribution in [-0.4, -0.2) is 12.7 Å². The van der Waals surface area contributed by atoms with Gasteiger partial charge in [0.1, 0.15) is 0 Å². The fourth-order valence-corrected chi connectivity index (χ4v) is 3.87. The fourth-order valence-electron chi connectivity index (χ4n) is 2.50. The van der Waals surface area contributed by atoms with Gasteiger partial charge in [0, 0.05) is 0 Å². The fraction of sp³-hybridized carbons (Fsp3) is 0.667. The summed E-state index contributed by atoms with van der Waals surface area (Å²) >= 11 is 0. The zero-order valence-corrected chi connectivity index (χ0v) is 16.5. The SMILES string of the molecule is Br.Cc1cccc(PCCCCCCCCCCN)c1C. The molecule has 0 aliphatic carbocycles. The Morgan fingerprint density at radius 3 is 2.05 bits per heavy atom. The van der Waals surface area contributed by atoms with Gasteiger partial charge in [0.05, 0.1) is 0 Å². The highest BCUT2D eigenvalue weighted by Crippen LogP contribution is 2.18. The number of rotatable bonds is 11. The van der Waals surface area contributed by atoms with Gasteiger partial charge in [-0.1, -0.05) is 65.3 Å². The molecule has 122 valence electrons. The molecule has 1 atom stereocenters. The van der Waals surface area contributed by atoms with E-state index in [2.05, 4.69) is 32.0 Å². The van der Waals surface area contributed by atoms with Crippen LogP contribution in [0.4, 0.5) is 0 Å². The molecule has 0 bridgehead atoms. The van der Waals surface area contributed by atoms with Crippen LogP contribution < -0.4 is 11.0 Å². The molecule has 0 saturated carbocycles. The number of halogens is 1. The summed E-state index contributed by atoms with van der Waals surface area (Å²) in [5.74, 6) is 0. The summed E-state index contributed by atoms with van der Waals surface area (Å²) in [6.07, 6.45) is 12.3. The average Bonchev–Trinajstić information content (AvgIpc) is 2.45. The predicted octanol–water partition coefficient (Wildman–Crippen LogP) is 5.26. The predicted molar refractivity (Wildman–Crippen MR) is 105 cm³/mol. The molecule has 0 amide bonds. The van der Waals surface area contributed by atoms with Crippen molar-refractivity contribution in [1.82, 2.24) is 0 Å². The van der Waals surface area contributed by atoms with E-state index in [-0.39, 0.29) is 17.0 Å². The van der Waals surface area contributed by atoms with E-state index in [4.69, 9.17) is 5.73 Å². The number of unbranched alkanes of at least 4 members (excludes halogenated alkanes) is 7. The molecule has 2 N–H and O–H groups in total. The van der Waals surface area contributed by atoms with Crippen molar-refractivity contribution in [2.24, 2.45) is 5.73 Å². The first-order chi connectivity index (χ1) is 9.75. The molecule has 1 aromatic rings. The van der Waals surface area contributed by atoms with Crippen LogP contribution in [-0.2, 0) is 0 Å². The van der Waals surface area contributed by atoms with E-state index in [0.29, 0.717) is 0 Å². The van der Waals surface area contributed by atoms with Gasteiger partial charge in [-0.05, 0) is 55.8 Å². The maximum atomic E-state index is 5.49. The molecule has 21 heavy (non-hydrogen) atoms. The molecule has 0 aliphatic rings. The summed E-state index contributed by atoms with van der Waals surface area (Å²) in [5.41, 5.74) is 8.44. The number of aryl methyl sites for hydroxylation is 1. The lowest BCUT2D eigenvalue weighted by molar-refractivity contribution is 0.579. The molecule has 1 nitrogen and oxygen atoms in total. The highest BCUT2D eigenvalue weighted by molar-refractivity contribution is 8.93. The van der Waals surface area contributed by atoms with Gasteiger partial charge in [0.2, 0.25) is 0 Å². The van der Waals surface area contributed by atoms with Crippen molar-refractivity contribution in [3.05, 3.63) is 29.3 Å². The van der Waals surface area contributed by atoms with Crippen LogP contribution in [0.3, 0.4) is 0 Å². The van der Waals surface area contributed by atoms with Crippen LogP contribution in [0.15, 0.2) is 18.2 Å². The Morgan fingerprint density at radius 1 is 0.857 bits per heavy atom. The Morgan fingerprint density at radius 2 is 1.43 bits per heavy atom. The minimum atomic E-state index is 0. The number of nitrogens with two attached hydrogens (primary N) is 1. The normalized spacial score (nSPS) is 11.0. The molecule has 0 fully saturated rings. The standard InChI is InChI=1S/C18H32NP.BrH/c1-16-12-11-13-18(17(16)2)20-15-10-8-6-4-3-5-7-9-14-19;/h11-13,20H,3-10,14-15,19H2,1-2H3;1H. The minimum Gasteiger partial charge on any atom is -0.330 e. The molecule has 0 radical (unpaired) electrons. The van der Waals surface area contributed by atoms with Crippen molar-refractivity contribution in [3.63, 3.8) is 0 Å². The molecule has 1 unspecified atom stereocenters. The molecule has 0 aromatic heterocycles. The van der Waals surface area contributed by atoms with Gasteiger partial charge in [-0.25, -0.2) is 0 Å². The molecule has 1 aromatic carbocycles. The number of hydrogen-bond donors (Lipinski definition) is 1. The molecule has 0 aliphatic heterocycles. The van der Waals surface area contributed by atoms with E-state index in [1.165, 1.54) is 68.7 Å². The minimum absolute atomic E-state index is 0. The average molecular weight is 374 g/mol. The quantitative estimate of drug-likeness (QED) is 0.415. The van der Waals surface area contributed by atoms with E-state index in [0.717, 1.165) is 15.1 Å². The molecule has 0 saturated heterocycles. The Kier molecular flexibility index (Phi) is 13.8. The van der Waals surface area contributed by atoms with Crippen molar-refractivity contribution in [2.45, 2.75) is 65.2 Å². The summed E-state index contributed by atoms with van der Waals surface area (Å²) in [5, 5.41) is 1.58. The molecular formula is C18H33BrNP. The third kappa shape index (κ3) is 9.66. The molecular weight excluding hydrogens is 341 g/mol. The zero-order valence-electron chi connectivity index (χ0n) is 13.8. The first-order valence-corrected chi connectivity index (χ1v) is 9.46. The van der Waals surface area contributed by atoms with Crippen molar-refractivity contribution in [2.75, 3.05) is 12.7 Å². The lowest BCUT2D eigenvalue weighted by Crippen LogP contribution is -2.02.